The molecular formula is C13H18OS. The summed E-state index contributed by atoms with van der Waals surface area (Å²) in [5, 5.41) is 0.806. The first-order valence-corrected chi connectivity index (χ1v) is 6.64. The van der Waals surface area contributed by atoms with Crippen LogP contribution in [0.5, 0.6) is 0 Å². The van der Waals surface area contributed by atoms with Crippen molar-refractivity contribution in [1.82, 2.24) is 0 Å². The third-order valence-electron chi connectivity index (χ3n) is 2.77. The Morgan fingerprint density at radius 1 is 1.20 bits per heavy atom. The highest BCUT2D eigenvalue weighted by atomic mass is 32.2. The minimum Gasteiger partial charge on any atom is -0.381 e. The van der Waals surface area contributed by atoms with Crippen molar-refractivity contribution in [3.8, 4) is 0 Å². The number of benzene rings is 1. The second-order valence-corrected chi connectivity index (χ2v) is 5.40. The molecule has 0 saturated carbocycles. The van der Waals surface area contributed by atoms with Crippen molar-refractivity contribution in [2.75, 3.05) is 13.2 Å². The van der Waals surface area contributed by atoms with Crippen LogP contribution < -0.4 is 0 Å². The quantitative estimate of drug-likeness (QED) is 0.775. The summed E-state index contributed by atoms with van der Waals surface area (Å²) in [6, 6.07) is 8.86. The lowest BCUT2D eigenvalue weighted by molar-refractivity contribution is 0.1000. The molecule has 1 heterocycles. The number of rotatable bonds is 3. The van der Waals surface area contributed by atoms with Crippen molar-refractivity contribution in [1.29, 1.82) is 0 Å². The van der Waals surface area contributed by atoms with Gasteiger partial charge in [0.25, 0.3) is 0 Å². The van der Waals surface area contributed by atoms with Crippen LogP contribution >= 0.6 is 11.8 Å². The first-order chi connectivity index (χ1) is 7.34. The molecule has 1 nitrogen and oxygen atoms in total. The van der Waals surface area contributed by atoms with Crippen LogP contribution in [-0.4, -0.2) is 18.5 Å². The van der Waals surface area contributed by atoms with Gasteiger partial charge in [-0.2, -0.15) is 11.8 Å². The van der Waals surface area contributed by atoms with Gasteiger partial charge >= 0.3 is 0 Å². The highest BCUT2D eigenvalue weighted by molar-refractivity contribution is 7.99. The number of ether oxygens (including phenoxy) is 1. The Labute approximate surface area is 96.2 Å². The van der Waals surface area contributed by atoms with Crippen molar-refractivity contribution < 1.29 is 4.74 Å². The fourth-order valence-electron chi connectivity index (χ4n) is 1.74. The van der Waals surface area contributed by atoms with Crippen LogP contribution in [0.3, 0.4) is 0 Å². The highest BCUT2D eigenvalue weighted by Crippen LogP contribution is 2.25. The van der Waals surface area contributed by atoms with Gasteiger partial charge < -0.3 is 4.74 Å². The molecule has 2 heteroatoms. The fraction of sp³-hybridized carbons (Fsp3) is 0.538. The Morgan fingerprint density at radius 2 is 1.87 bits per heavy atom. The maximum absolute atomic E-state index is 5.35. The van der Waals surface area contributed by atoms with Crippen molar-refractivity contribution in [2.45, 2.75) is 30.8 Å². The van der Waals surface area contributed by atoms with Gasteiger partial charge in [-0.3, -0.25) is 0 Å². The zero-order valence-corrected chi connectivity index (χ0v) is 10.1. The summed E-state index contributed by atoms with van der Waals surface area (Å²) in [6.45, 7) is 4.03. The van der Waals surface area contributed by atoms with E-state index < -0.39 is 0 Å². The molecule has 1 aromatic rings. The van der Waals surface area contributed by atoms with E-state index in [0.717, 1.165) is 24.2 Å². The van der Waals surface area contributed by atoms with Crippen LogP contribution in [0.15, 0.2) is 24.3 Å². The molecule has 0 aromatic heterocycles. The normalized spacial score (nSPS) is 17.9. The predicted molar refractivity (Wildman–Crippen MR) is 66.3 cm³/mol. The number of thioether (sulfide) groups is 1. The smallest absolute Gasteiger partial charge is 0.0476 e. The van der Waals surface area contributed by atoms with Crippen molar-refractivity contribution in [3.63, 3.8) is 0 Å². The van der Waals surface area contributed by atoms with E-state index in [-0.39, 0.29) is 0 Å². The zero-order valence-electron chi connectivity index (χ0n) is 9.24. The average molecular weight is 222 g/mol. The van der Waals surface area contributed by atoms with Crippen LogP contribution in [0, 0.1) is 6.92 Å². The molecule has 0 atom stereocenters. The molecule has 82 valence electrons. The maximum Gasteiger partial charge on any atom is 0.0476 e. The van der Waals surface area contributed by atoms with Crippen LogP contribution in [0.25, 0.3) is 0 Å². The summed E-state index contributed by atoms with van der Waals surface area (Å²) in [6.07, 6.45) is 2.44. The first kappa shape index (κ1) is 11.0. The van der Waals surface area contributed by atoms with Gasteiger partial charge in [-0.05, 0) is 25.3 Å². The molecule has 1 aliphatic heterocycles. The Balaban J connectivity index is 1.79. The van der Waals surface area contributed by atoms with Gasteiger partial charge in [0.1, 0.15) is 0 Å². The van der Waals surface area contributed by atoms with Gasteiger partial charge in [0.05, 0.1) is 0 Å². The molecule has 0 unspecified atom stereocenters. The minimum absolute atomic E-state index is 0.806. The minimum atomic E-state index is 0.806. The van der Waals surface area contributed by atoms with Crippen molar-refractivity contribution in [3.05, 3.63) is 35.4 Å². The Kier molecular flexibility index (Phi) is 4.09. The van der Waals surface area contributed by atoms with E-state index in [0.29, 0.717) is 0 Å². The Morgan fingerprint density at radius 3 is 2.53 bits per heavy atom. The van der Waals surface area contributed by atoms with Crippen molar-refractivity contribution in [2.24, 2.45) is 0 Å². The molecule has 15 heavy (non-hydrogen) atoms. The van der Waals surface area contributed by atoms with Crippen LogP contribution in [-0.2, 0) is 10.5 Å². The average Bonchev–Trinajstić information content (AvgIpc) is 2.30. The summed E-state index contributed by atoms with van der Waals surface area (Å²) >= 11 is 2.08. The van der Waals surface area contributed by atoms with E-state index in [9.17, 15) is 0 Å². The molecule has 1 fully saturated rings. The lowest BCUT2D eigenvalue weighted by atomic mass is 10.2. The lowest BCUT2D eigenvalue weighted by Crippen LogP contribution is -2.17. The second-order valence-electron chi connectivity index (χ2n) is 4.11. The first-order valence-electron chi connectivity index (χ1n) is 5.59. The molecule has 2 rings (SSSR count). The Bertz CT molecular complexity index is 288. The summed E-state index contributed by atoms with van der Waals surface area (Å²) in [4.78, 5) is 0. The van der Waals surface area contributed by atoms with Crippen LogP contribution in [0.2, 0.25) is 0 Å². The summed E-state index contributed by atoms with van der Waals surface area (Å²) in [5.41, 5.74) is 2.78. The molecule has 0 spiro atoms. The zero-order chi connectivity index (χ0) is 10.5. The fourth-order valence-corrected chi connectivity index (χ4v) is 2.89. The van der Waals surface area contributed by atoms with Gasteiger partial charge in [-0.1, -0.05) is 29.8 Å². The van der Waals surface area contributed by atoms with Gasteiger partial charge in [0, 0.05) is 24.2 Å². The molecule has 0 bridgehead atoms. The monoisotopic (exact) mass is 222 g/mol. The predicted octanol–water partition coefficient (Wildman–Crippen LogP) is 3.41. The molecule has 0 amide bonds. The second kappa shape index (κ2) is 5.57. The molecule has 0 radical (unpaired) electrons. The summed E-state index contributed by atoms with van der Waals surface area (Å²) < 4.78 is 5.35. The Hall–Kier alpha value is -0.470. The molecule has 1 aromatic carbocycles. The number of hydrogen-bond acceptors (Lipinski definition) is 2. The SMILES string of the molecule is Cc1ccc(CSC2CCOCC2)cc1. The van der Waals surface area contributed by atoms with E-state index in [4.69, 9.17) is 4.74 Å². The van der Waals surface area contributed by atoms with E-state index in [2.05, 4.69) is 43.0 Å². The molecule has 1 saturated heterocycles. The standard InChI is InChI=1S/C13H18OS/c1-11-2-4-12(5-3-11)10-15-13-6-8-14-9-7-13/h2-5,13H,6-10H2,1H3. The third-order valence-corrected chi connectivity index (χ3v) is 4.22. The van der Waals surface area contributed by atoms with E-state index >= 15 is 0 Å². The molecule has 1 aliphatic rings. The summed E-state index contributed by atoms with van der Waals surface area (Å²) in [5.74, 6) is 1.14. The van der Waals surface area contributed by atoms with Crippen LogP contribution in [0.1, 0.15) is 24.0 Å². The van der Waals surface area contributed by atoms with E-state index in [1.807, 2.05) is 0 Å². The lowest BCUT2D eigenvalue weighted by Gasteiger charge is -2.21. The van der Waals surface area contributed by atoms with Crippen LogP contribution in [0.4, 0.5) is 0 Å². The maximum atomic E-state index is 5.35. The molecule has 0 aliphatic carbocycles. The van der Waals surface area contributed by atoms with E-state index in [1.54, 1.807) is 0 Å². The number of aryl methyl sites for hydroxylation is 1. The van der Waals surface area contributed by atoms with Gasteiger partial charge in [-0.25, -0.2) is 0 Å². The number of hydrogen-bond donors (Lipinski definition) is 0. The third kappa shape index (κ3) is 3.54. The van der Waals surface area contributed by atoms with Gasteiger partial charge in [0.2, 0.25) is 0 Å². The highest BCUT2D eigenvalue weighted by Gasteiger charge is 2.13. The topological polar surface area (TPSA) is 9.23 Å². The van der Waals surface area contributed by atoms with Crippen molar-refractivity contribution >= 4 is 11.8 Å². The van der Waals surface area contributed by atoms with Gasteiger partial charge in [0.15, 0.2) is 0 Å². The van der Waals surface area contributed by atoms with E-state index in [1.165, 1.54) is 24.0 Å². The summed E-state index contributed by atoms with van der Waals surface area (Å²) in [7, 11) is 0. The largest absolute Gasteiger partial charge is 0.381 e. The molecule has 0 N–H and O–H groups in total. The molecular weight excluding hydrogens is 204 g/mol. The van der Waals surface area contributed by atoms with Gasteiger partial charge in [-0.15, -0.1) is 0 Å².